The Kier molecular flexibility index (Phi) is 3.69. The van der Waals surface area contributed by atoms with Gasteiger partial charge in [-0.3, -0.25) is 4.79 Å². The highest BCUT2D eigenvalue weighted by atomic mass is 35.5. The Balaban J connectivity index is 1.87. The zero-order valence-corrected chi connectivity index (χ0v) is 10.7. The zero-order chi connectivity index (χ0) is 12.3. The van der Waals surface area contributed by atoms with Gasteiger partial charge in [0.05, 0.1) is 0 Å². The van der Waals surface area contributed by atoms with Crippen molar-refractivity contribution in [3.05, 3.63) is 34.9 Å². The molecule has 1 amide bonds. The lowest BCUT2D eigenvalue weighted by atomic mass is 10.1. The quantitative estimate of drug-likeness (QED) is 0.842. The second kappa shape index (κ2) is 5.07. The number of halogens is 1. The van der Waals surface area contributed by atoms with Gasteiger partial charge in [0.25, 0.3) is 5.91 Å². The summed E-state index contributed by atoms with van der Waals surface area (Å²) in [6, 6.07) is 6.96. The zero-order valence-electron chi connectivity index (χ0n) is 9.92. The molecular formula is C13H17ClN2O. The van der Waals surface area contributed by atoms with Crippen molar-refractivity contribution in [3.63, 3.8) is 0 Å². The summed E-state index contributed by atoms with van der Waals surface area (Å²) in [6.07, 6.45) is 2.38. The Hall–Kier alpha value is -1.06. The smallest absolute Gasteiger partial charge is 0.251 e. The molecule has 0 saturated heterocycles. The van der Waals surface area contributed by atoms with Gasteiger partial charge < -0.3 is 10.6 Å². The summed E-state index contributed by atoms with van der Waals surface area (Å²) in [5.41, 5.74) is 0.950. The molecule has 0 unspecified atom stereocenters. The summed E-state index contributed by atoms with van der Waals surface area (Å²) in [7, 11) is 1.95. The van der Waals surface area contributed by atoms with E-state index in [1.54, 1.807) is 24.3 Å². The largest absolute Gasteiger partial charge is 0.351 e. The van der Waals surface area contributed by atoms with Crippen molar-refractivity contribution in [3.8, 4) is 0 Å². The highest BCUT2D eigenvalue weighted by Gasteiger charge is 2.41. The van der Waals surface area contributed by atoms with Crippen molar-refractivity contribution >= 4 is 17.5 Å². The van der Waals surface area contributed by atoms with Crippen LogP contribution < -0.4 is 10.6 Å². The molecule has 2 rings (SSSR count). The molecule has 1 aliphatic rings. The Labute approximate surface area is 107 Å². The maximum Gasteiger partial charge on any atom is 0.251 e. The predicted molar refractivity (Wildman–Crippen MR) is 69.4 cm³/mol. The summed E-state index contributed by atoms with van der Waals surface area (Å²) in [4.78, 5) is 11.9. The van der Waals surface area contributed by atoms with Crippen LogP contribution in [0.1, 0.15) is 23.2 Å². The first kappa shape index (κ1) is 12.4. The third-order valence-corrected chi connectivity index (χ3v) is 3.49. The molecule has 0 bridgehead atoms. The number of benzene rings is 1. The van der Waals surface area contributed by atoms with Crippen molar-refractivity contribution in [2.75, 3.05) is 20.1 Å². The topological polar surface area (TPSA) is 41.1 Å². The Morgan fingerprint density at radius 3 is 2.47 bits per heavy atom. The Morgan fingerprint density at radius 1 is 1.29 bits per heavy atom. The van der Waals surface area contributed by atoms with E-state index in [0.29, 0.717) is 10.6 Å². The molecule has 0 aliphatic heterocycles. The van der Waals surface area contributed by atoms with E-state index in [0.717, 1.165) is 13.1 Å². The second-order valence-corrected chi connectivity index (χ2v) is 5.16. The molecule has 3 nitrogen and oxygen atoms in total. The summed E-state index contributed by atoms with van der Waals surface area (Å²) in [5.74, 6) is -0.0240. The van der Waals surface area contributed by atoms with E-state index >= 15 is 0 Å². The monoisotopic (exact) mass is 252 g/mol. The molecule has 1 aromatic carbocycles. The van der Waals surface area contributed by atoms with Crippen molar-refractivity contribution < 1.29 is 4.79 Å². The van der Waals surface area contributed by atoms with Gasteiger partial charge >= 0.3 is 0 Å². The number of hydrogen-bond donors (Lipinski definition) is 2. The number of hydrogen-bond acceptors (Lipinski definition) is 2. The van der Waals surface area contributed by atoms with Crippen LogP contribution in [0.25, 0.3) is 0 Å². The van der Waals surface area contributed by atoms with E-state index in [4.69, 9.17) is 11.6 Å². The van der Waals surface area contributed by atoms with Crippen molar-refractivity contribution in [1.29, 1.82) is 0 Å². The first-order chi connectivity index (χ1) is 8.15. The lowest BCUT2D eigenvalue weighted by Gasteiger charge is -2.15. The molecule has 0 atom stereocenters. The van der Waals surface area contributed by atoms with Gasteiger partial charge in [0.1, 0.15) is 0 Å². The van der Waals surface area contributed by atoms with Gasteiger partial charge in [-0.05, 0) is 44.2 Å². The van der Waals surface area contributed by atoms with Gasteiger partial charge in [0.15, 0.2) is 0 Å². The standard InChI is InChI=1S/C13H17ClN2O/c1-15-8-13(6-7-13)9-16-12(17)10-2-4-11(14)5-3-10/h2-5,15H,6-9H2,1H3,(H,16,17). The molecular weight excluding hydrogens is 236 g/mol. The van der Waals surface area contributed by atoms with Crippen LogP contribution in [0.2, 0.25) is 5.02 Å². The number of carbonyl (C=O) groups is 1. The number of carbonyl (C=O) groups excluding carboxylic acids is 1. The van der Waals surface area contributed by atoms with Crippen molar-refractivity contribution in [2.24, 2.45) is 5.41 Å². The fourth-order valence-corrected chi connectivity index (χ4v) is 2.06. The molecule has 0 aromatic heterocycles. The van der Waals surface area contributed by atoms with E-state index in [-0.39, 0.29) is 11.3 Å². The van der Waals surface area contributed by atoms with Crippen LogP contribution in [0.3, 0.4) is 0 Å². The minimum atomic E-state index is -0.0240. The van der Waals surface area contributed by atoms with Gasteiger partial charge in [-0.15, -0.1) is 0 Å². The van der Waals surface area contributed by atoms with E-state index < -0.39 is 0 Å². The summed E-state index contributed by atoms with van der Waals surface area (Å²) < 4.78 is 0. The Morgan fingerprint density at radius 2 is 1.94 bits per heavy atom. The predicted octanol–water partition coefficient (Wildman–Crippen LogP) is 2.07. The lowest BCUT2D eigenvalue weighted by Crippen LogP contribution is -2.34. The van der Waals surface area contributed by atoms with Crippen LogP contribution in [-0.4, -0.2) is 26.0 Å². The fraction of sp³-hybridized carbons (Fsp3) is 0.462. The van der Waals surface area contributed by atoms with E-state index in [9.17, 15) is 4.79 Å². The highest BCUT2D eigenvalue weighted by Crippen LogP contribution is 2.44. The molecule has 1 fully saturated rings. The van der Waals surface area contributed by atoms with Crippen LogP contribution in [-0.2, 0) is 0 Å². The van der Waals surface area contributed by atoms with E-state index in [1.807, 2.05) is 7.05 Å². The molecule has 2 N–H and O–H groups in total. The van der Waals surface area contributed by atoms with Crippen molar-refractivity contribution in [1.82, 2.24) is 10.6 Å². The molecule has 17 heavy (non-hydrogen) atoms. The average Bonchev–Trinajstić information content (AvgIpc) is 3.08. The maximum atomic E-state index is 11.9. The summed E-state index contributed by atoms with van der Waals surface area (Å²) in [5, 5.41) is 6.81. The average molecular weight is 253 g/mol. The van der Waals surface area contributed by atoms with Crippen molar-refractivity contribution in [2.45, 2.75) is 12.8 Å². The van der Waals surface area contributed by atoms with Crippen LogP contribution >= 0.6 is 11.6 Å². The van der Waals surface area contributed by atoms with Crippen LogP contribution in [0, 0.1) is 5.41 Å². The van der Waals surface area contributed by atoms with Gasteiger partial charge in [-0.2, -0.15) is 0 Å². The lowest BCUT2D eigenvalue weighted by molar-refractivity contribution is 0.0945. The van der Waals surface area contributed by atoms with Crippen LogP contribution in [0.5, 0.6) is 0 Å². The fourth-order valence-electron chi connectivity index (χ4n) is 1.94. The number of nitrogens with one attached hydrogen (secondary N) is 2. The van der Waals surface area contributed by atoms with Gasteiger partial charge in [0.2, 0.25) is 0 Å². The highest BCUT2D eigenvalue weighted by molar-refractivity contribution is 6.30. The number of rotatable bonds is 5. The van der Waals surface area contributed by atoms with Crippen LogP contribution in [0.4, 0.5) is 0 Å². The second-order valence-electron chi connectivity index (χ2n) is 4.72. The molecule has 92 valence electrons. The Bertz CT molecular complexity index is 398. The third kappa shape index (κ3) is 3.20. The molecule has 1 aromatic rings. The van der Waals surface area contributed by atoms with Crippen LogP contribution in [0.15, 0.2) is 24.3 Å². The van der Waals surface area contributed by atoms with E-state index in [2.05, 4.69) is 10.6 Å². The van der Waals surface area contributed by atoms with Gasteiger partial charge in [-0.25, -0.2) is 0 Å². The first-order valence-corrected chi connectivity index (χ1v) is 6.21. The molecule has 1 saturated carbocycles. The summed E-state index contributed by atoms with van der Waals surface area (Å²) in [6.45, 7) is 1.71. The maximum absolute atomic E-state index is 11.9. The minimum Gasteiger partial charge on any atom is -0.351 e. The SMILES string of the molecule is CNCC1(CNC(=O)c2ccc(Cl)cc2)CC1. The van der Waals surface area contributed by atoms with E-state index in [1.165, 1.54) is 12.8 Å². The molecule has 0 spiro atoms. The first-order valence-electron chi connectivity index (χ1n) is 5.84. The molecule has 4 heteroatoms. The van der Waals surface area contributed by atoms with Gasteiger partial charge in [-0.1, -0.05) is 11.6 Å². The molecule has 1 aliphatic carbocycles. The number of amides is 1. The molecule has 0 heterocycles. The normalized spacial score (nSPS) is 16.6. The summed E-state index contributed by atoms with van der Waals surface area (Å²) >= 11 is 5.78. The third-order valence-electron chi connectivity index (χ3n) is 3.24. The van der Waals surface area contributed by atoms with Gasteiger partial charge in [0, 0.05) is 29.1 Å². The minimum absolute atomic E-state index is 0.0240. The molecule has 0 radical (unpaired) electrons.